The van der Waals surface area contributed by atoms with Gasteiger partial charge in [0.1, 0.15) is 12.2 Å². The minimum absolute atomic E-state index is 0.240. The van der Waals surface area contributed by atoms with Gasteiger partial charge in [0.05, 0.1) is 12.0 Å². The first-order chi connectivity index (χ1) is 9.09. The van der Waals surface area contributed by atoms with Crippen LogP contribution in [0.4, 0.5) is 0 Å². The second-order valence-electron chi connectivity index (χ2n) is 5.68. The molecule has 1 unspecified atom stereocenters. The second kappa shape index (κ2) is 5.82. The molecule has 1 N–H and O–H groups in total. The standard InChI is InChI=1S/C14H24N4O/c1-4-6-14(7-5-8-16-14)12(19)9-13-15-10-17-18(13)11(2)3/h10-11,16H,4-9H2,1-3H3. The molecule has 19 heavy (non-hydrogen) atoms. The Kier molecular flexibility index (Phi) is 4.34. The van der Waals surface area contributed by atoms with Gasteiger partial charge in [-0.3, -0.25) is 4.79 Å². The third-order valence-corrected chi connectivity index (χ3v) is 3.91. The lowest BCUT2D eigenvalue weighted by molar-refractivity contribution is -0.124. The van der Waals surface area contributed by atoms with E-state index in [0.29, 0.717) is 6.42 Å². The molecule has 2 heterocycles. The van der Waals surface area contributed by atoms with E-state index in [4.69, 9.17) is 0 Å². The van der Waals surface area contributed by atoms with E-state index >= 15 is 0 Å². The zero-order chi connectivity index (χ0) is 13.9. The smallest absolute Gasteiger partial charge is 0.160 e. The van der Waals surface area contributed by atoms with Crippen molar-refractivity contribution in [2.75, 3.05) is 6.54 Å². The highest BCUT2D eigenvalue weighted by Gasteiger charge is 2.39. The second-order valence-corrected chi connectivity index (χ2v) is 5.68. The van der Waals surface area contributed by atoms with Crippen molar-refractivity contribution >= 4 is 5.78 Å². The number of aromatic nitrogens is 3. The van der Waals surface area contributed by atoms with Gasteiger partial charge in [0, 0.05) is 6.04 Å². The van der Waals surface area contributed by atoms with Gasteiger partial charge in [0.2, 0.25) is 0 Å². The largest absolute Gasteiger partial charge is 0.305 e. The van der Waals surface area contributed by atoms with Gasteiger partial charge >= 0.3 is 0 Å². The molecule has 1 aromatic rings. The number of Topliss-reactive ketones (excluding diaryl/α,β-unsaturated/α-hetero) is 1. The van der Waals surface area contributed by atoms with Crippen LogP contribution < -0.4 is 5.32 Å². The Morgan fingerprint density at radius 1 is 1.58 bits per heavy atom. The van der Waals surface area contributed by atoms with Gasteiger partial charge in [0.25, 0.3) is 0 Å². The van der Waals surface area contributed by atoms with Crippen LogP contribution >= 0.6 is 0 Å². The number of ketones is 1. The maximum Gasteiger partial charge on any atom is 0.160 e. The van der Waals surface area contributed by atoms with Crippen molar-refractivity contribution in [3.05, 3.63) is 12.2 Å². The van der Waals surface area contributed by atoms with Gasteiger partial charge in [-0.15, -0.1) is 0 Å². The maximum absolute atomic E-state index is 12.7. The molecule has 1 aliphatic heterocycles. The monoisotopic (exact) mass is 264 g/mol. The minimum atomic E-state index is -0.317. The fourth-order valence-electron chi connectivity index (χ4n) is 2.97. The molecule has 5 heteroatoms. The molecule has 0 saturated carbocycles. The Balaban J connectivity index is 2.13. The first-order valence-corrected chi connectivity index (χ1v) is 7.26. The Morgan fingerprint density at radius 2 is 2.37 bits per heavy atom. The first-order valence-electron chi connectivity index (χ1n) is 7.26. The number of rotatable bonds is 6. The molecule has 5 nitrogen and oxygen atoms in total. The Hall–Kier alpha value is -1.23. The summed E-state index contributed by atoms with van der Waals surface area (Å²) < 4.78 is 1.84. The summed E-state index contributed by atoms with van der Waals surface area (Å²) in [4.78, 5) is 16.9. The van der Waals surface area contributed by atoms with Gasteiger partial charge in [-0.25, -0.2) is 9.67 Å². The Bertz CT molecular complexity index is 432. The number of nitrogens with zero attached hydrogens (tertiary/aromatic N) is 3. The number of carbonyl (C=O) groups excluding carboxylic acids is 1. The minimum Gasteiger partial charge on any atom is -0.305 e. The van der Waals surface area contributed by atoms with E-state index in [1.165, 1.54) is 6.33 Å². The van der Waals surface area contributed by atoms with Gasteiger partial charge in [-0.1, -0.05) is 13.3 Å². The topological polar surface area (TPSA) is 59.8 Å². The van der Waals surface area contributed by atoms with Crippen molar-refractivity contribution in [1.82, 2.24) is 20.1 Å². The SMILES string of the molecule is CCCC1(C(=O)Cc2ncnn2C(C)C)CCCN1. The highest BCUT2D eigenvalue weighted by molar-refractivity contribution is 5.90. The summed E-state index contributed by atoms with van der Waals surface area (Å²) in [5.74, 6) is 1.05. The summed E-state index contributed by atoms with van der Waals surface area (Å²) in [5.41, 5.74) is -0.317. The van der Waals surface area contributed by atoms with Crippen LogP contribution in [0.15, 0.2) is 6.33 Å². The quantitative estimate of drug-likeness (QED) is 0.852. The molecule has 0 spiro atoms. The molecule has 1 aromatic heterocycles. The van der Waals surface area contributed by atoms with E-state index < -0.39 is 0 Å². The molecular formula is C14H24N4O. The van der Waals surface area contributed by atoms with Crippen LogP contribution in [0.1, 0.15) is 58.3 Å². The van der Waals surface area contributed by atoms with Crippen molar-refractivity contribution in [1.29, 1.82) is 0 Å². The van der Waals surface area contributed by atoms with Crippen molar-refractivity contribution < 1.29 is 4.79 Å². The predicted octanol–water partition coefficient (Wildman–Crippen LogP) is 1.89. The molecule has 1 aliphatic rings. The maximum atomic E-state index is 12.7. The van der Waals surface area contributed by atoms with Gasteiger partial charge < -0.3 is 5.32 Å². The van der Waals surface area contributed by atoms with Crippen molar-refractivity contribution in [2.45, 2.75) is 64.5 Å². The Morgan fingerprint density at radius 3 is 2.95 bits per heavy atom. The predicted molar refractivity (Wildman–Crippen MR) is 74.0 cm³/mol. The van der Waals surface area contributed by atoms with E-state index in [-0.39, 0.29) is 17.4 Å². The lowest BCUT2D eigenvalue weighted by atomic mass is 9.85. The fourth-order valence-corrected chi connectivity index (χ4v) is 2.97. The number of hydrogen-bond acceptors (Lipinski definition) is 4. The van der Waals surface area contributed by atoms with Gasteiger partial charge in [0.15, 0.2) is 5.78 Å². The summed E-state index contributed by atoms with van der Waals surface area (Å²) in [6.45, 7) is 7.19. The summed E-state index contributed by atoms with van der Waals surface area (Å²) in [5, 5.41) is 7.62. The molecule has 0 radical (unpaired) electrons. The van der Waals surface area contributed by atoms with Crippen LogP contribution in [-0.4, -0.2) is 32.6 Å². The summed E-state index contributed by atoms with van der Waals surface area (Å²) in [6.07, 6.45) is 5.90. The van der Waals surface area contributed by atoms with Crippen LogP contribution in [0.3, 0.4) is 0 Å². The summed E-state index contributed by atoms with van der Waals surface area (Å²) in [6, 6.07) is 0.240. The van der Waals surface area contributed by atoms with Crippen molar-refractivity contribution in [3.8, 4) is 0 Å². The molecular weight excluding hydrogens is 240 g/mol. The molecule has 0 amide bonds. The van der Waals surface area contributed by atoms with Crippen molar-refractivity contribution in [2.24, 2.45) is 0 Å². The summed E-state index contributed by atoms with van der Waals surface area (Å²) in [7, 11) is 0. The molecule has 1 saturated heterocycles. The zero-order valence-electron chi connectivity index (χ0n) is 12.1. The average molecular weight is 264 g/mol. The lowest BCUT2D eigenvalue weighted by Crippen LogP contribution is -2.48. The number of hydrogen-bond donors (Lipinski definition) is 1. The van der Waals surface area contributed by atoms with Gasteiger partial charge in [-0.05, 0) is 39.7 Å². The molecule has 0 bridgehead atoms. The van der Waals surface area contributed by atoms with Crippen LogP contribution in [0.5, 0.6) is 0 Å². The average Bonchev–Trinajstić information content (AvgIpc) is 2.99. The van der Waals surface area contributed by atoms with Crippen molar-refractivity contribution in [3.63, 3.8) is 0 Å². The molecule has 2 rings (SSSR count). The molecule has 0 aromatic carbocycles. The first kappa shape index (κ1) is 14.2. The van der Waals surface area contributed by atoms with Crippen LogP contribution in [-0.2, 0) is 11.2 Å². The molecule has 0 aliphatic carbocycles. The fraction of sp³-hybridized carbons (Fsp3) is 0.786. The van der Waals surface area contributed by atoms with E-state index in [9.17, 15) is 4.79 Å². The number of carbonyl (C=O) groups is 1. The summed E-state index contributed by atoms with van der Waals surface area (Å²) >= 11 is 0. The van der Waals surface area contributed by atoms with Crippen LogP contribution in [0.25, 0.3) is 0 Å². The van der Waals surface area contributed by atoms with Crippen LogP contribution in [0, 0.1) is 0 Å². The Labute approximate surface area is 114 Å². The van der Waals surface area contributed by atoms with E-state index in [0.717, 1.165) is 38.1 Å². The van der Waals surface area contributed by atoms with Crippen LogP contribution in [0.2, 0.25) is 0 Å². The normalized spacial score (nSPS) is 23.2. The molecule has 1 atom stereocenters. The van der Waals surface area contributed by atoms with E-state index in [2.05, 4.69) is 36.2 Å². The highest BCUT2D eigenvalue weighted by Crippen LogP contribution is 2.27. The third kappa shape index (κ3) is 2.86. The van der Waals surface area contributed by atoms with E-state index in [1.54, 1.807) is 0 Å². The van der Waals surface area contributed by atoms with Gasteiger partial charge in [-0.2, -0.15) is 5.10 Å². The molecule has 106 valence electrons. The van der Waals surface area contributed by atoms with E-state index in [1.807, 2.05) is 4.68 Å². The third-order valence-electron chi connectivity index (χ3n) is 3.91. The number of nitrogens with one attached hydrogen (secondary N) is 1. The molecule has 1 fully saturated rings. The highest BCUT2D eigenvalue weighted by atomic mass is 16.1. The zero-order valence-corrected chi connectivity index (χ0v) is 12.1. The lowest BCUT2D eigenvalue weighted by Gasteiger charge is -2.27.